The Hall–Kier alpha value is -3.81. The Morgan fingerprint density at radius 1 is 1.28 bits per heavy atom. The summed E-state index contributed by atoms with van der Waals surface area (Å²) in [4.78, 5) is 28.3. The number of thiophene rings is 1. The lowest BCUT2D eigenvalue weighted by atomic mass is 10.1. The summed E-state index contributed by atoms with van der Waals surface area (Å²) < 4.78 is 73.3. The lowest BCUT2D eigenvalue weighted by Gasteiger charge is -2.12. The molecule has 1 aliphatic rings. The number of furan rings is 1. The molecule has 0 aliphatic heterocycles. The Morgan fingerprint density at radius 2 is 2.03 bits per heavy atom. The van der Waals surface area contributed by atoms with E-state index in [1.165, 1.54) is 29.1 Å². The number of primary amides is 1. The first-order chi connectivity index (χ1) is 17.0. The molecular formula is C22H16F5N5O3S. The monoisotopic (exact) mass is 525 g/mol. The van der Waals surface area contributed by atoms with Crippen molar-refractivity contribution < 1.29 is 36.0 Å². The number of carbonyl (C=O) groups excluding carboxylic acids is 2. The first kappa shape index (κ1) is 23.9. The summed E-state index contributed by atoms with van der Waals surface area (Å²) in [6.07, 6.45) is -4.81. The number of amides is 2. The molecule has 0 aromatic carbocycles. The summed E-state index contributed by atoms with van der Waals surface area (Å²) >= 11 is 0.584. The van der Waals surface area contributed by atoms with E-state index in [1.54, 1.807) is 0 Å². The van der Waals surface area contributed by atoms with E-state index < -0.39 is 42.3 Å². The molecule has 1 saturated carbocycles. The lowest BCUT2D eigenvalue weighted by Crippen LogP contribution is -2.22. The average Bonchev–Trinajstić information content (AvgIpc) is 3.20. The van der Waals surface area contributed by atoms with Gasteiger partial charge in [-0.25, -0.2) is 13.8 Å². The van der Waals surface area contributed by atoms with E-state index in [9.17, 15) is 31.5 Å². The van der Waals surface area contributed by atoms with E-state index in [4.69, 9.17) is 10.2 Å². The van der Waals surface area contributed by atoms with Gasteiger partial charge in [-0.2, -0.15) is 18.3 Å². The van der Waals surface area contributed by atoms with Gasteiger partial charge < -0.3 is 15.5 Å². The number of hydrogen-bond donors (Lipinski definition) is 2. The minimum atomic E-state index is -4.79. The Morgan fingerprint density at radius 3 is 2.61 bits per heavy atom. The summed E-state index contributed by atoms with van der Waals surface area (Å²) in [6, 6.07) is 4.88. The van der Waals surface area contributed by atoms with Crippen molar-refractivity contribution in [3.8, 4) is 11.3 Å². The van der Waals surface area contributed by atoms with Crippen LogP contribution in [-0.4, -0.2) is 26.6 Å². The number of halogens is 5. The van der Waals surface area contributed by atoms with Gasteiger partial charge in [-0.3, -0.25) is 14.3 Å². The van der Waals surface area contributed by atoms with Gasteiger partial charge in [-0.1, -0.05) is 0 Å². The van der Waals surface area contributed by atoms with Crippen LogP contribution in [0.4, 0.5) is 27.6 Å². The standard InChI is InChI=1S/C22H16F5N5O3S/c23-19(24)11-7-12(9-3-4-9)32(31-11)8-15(33)30-17-16-10(13-2-1-5-35-13)6-14(22(25,26)27)29-21(16)36-18(17)20(28)34/h1-2,5-7,9,19H,3-4,8H2,(H2,28,34)(H,30,33). The number of nitrogens with zero attached hydrogens (tertiary/aromatic N) is 3. The van der Waals surface area contributed by atoms with Gasteiger partial charge in [0, 0.05) is 22.6 Å². The first-order valence-electron chi connectivity index (χ1n) is 10.6. The maximum atomic E-state index is 13.5. The van der Waals surface area contributed by atoms with Crippen LogP contribution in [0.1, 0.15) is 51.9 Å². The maximum Gasteiger partial charge on any atom is 0.433 e. The number of aromatic nitrogens is 3. The van der Waals surface area contributed by atoms with Gasteiger partial charge in [0.05, 0.1) is 12.0 Å². The molecule has 5 rings (SSSR count). The summed E-state index contributed by atoms with van der Waals surface area (Å²) in [6.45, 7) is -0.460. The number of nitrogens with two attached hydrogens (primary N) is 1. The number of nitrogens with one attached hydrogen (secondary N) is 1. The lowest BCUT2D eigenvalue weighted by molar-refractivity contribution is -0.140. The molecule has 14 heteroatoms. The molecule has 0 saturated heterocycles. The van der Waals surface area contributed by atoms with Crippen molar-refractivity contribution in [1.82, 2.24) is 14.8 Å². The minimum absolute atomic E-state index is 0.0107. The molecule has 0 atom stereocenters. The second-order valence-corrected chi connectivity index (χ2v) is 9.15. The number of anilines is 1. The van der Waals surface area contributed by atoms with Gasteiger partial charge in [-0.05, 0) is 37.1 Å². The summed E-state index contributed by atoms with van der Waals surface area (Å²) in [5, 5.41) is 6.36. The van der Waals surface area contributed by atoms with Gasteiger partial charge in [0.1, 0.15) is 33.4 Å². The molecule has 4 aromatic heterocycles. The quantitative estimate of drug-likeness (QED) is 0.317. The predicted molar refractivity (Wildman–Crippen MR) is 119 cm³/mol. The van der Waals surface area contributed by atoms with Crippen molar-refractivity contribution in [2.24, 2.45) is 5.73 Å². The highest BCUT2D eigenvalue weighted by atomic mass is 32.1. The summed E-state index contributed by atoms with van der Waals surface area (Å²) in [7, 11) is 0. The molecule has 4 heterocycles. The average molecular weight is 525 g/mol. The number of pyridine rings is 1. The van der Waals surface area contributed by atoms with E-state index in [0.29, 0.717) is 17.0 Å². The van der Waals surface area contributed by atoms with E-state index in [2.05, 4.69) is 15.4 Å². The fourth-order valence-electron chi connectivity index (χ4n) is 3.87. The number of alkyl halides is 5. The van der Waals surface area contributed by atoms with Crippen LogP contribution < -0.4 is 11.1 Å². The van der Waals surface area contributed by atoms with Gasteiger partial charge in [0.25, 0.3) is 12.3 Å². The van der Waals surface area contributed by atoms with E-state index in [-0.39, 0.29) is 38.0 Å². The molecular weight excluding hydrogens is 509 g/mol. The SMILES string of the molecule is NC(=O)c1sc2nc(C(F)(F)F)cc(-c3ccco3)c2c1NC(=O)Cn1nc(C(F)F)cc1C1CC1. The van der Waals surface area contributed by atoms with Crippen LogP contribution in [0.25, 0.3) is 21.5 Å². The molecule has 4 aromatic rings. The number of fused-ring (bicyclic) bond motifs is 1. The Kier molecular flexibility index (Phi) is 5.77. The van der Waals surface area contributed by atoms with Crippen molar-refractivity contribution in [2.45, 2.75) is 37.9 Å². The molecule has 1 fully saturated rings. The normalized spacial score (nSPS) is 14.1. The molecule has 1 aliphatic carbocycles. The number of hydrogen-bond acceptors (Lipinski definition) is 6. The minimum Gasteiger partial charge on any atom is -0.464 e. The van der Waals surface area contributed by atoms with Crippen molar-refractivity contribution in [2.75, 3.05) is 5.32 Å². The van der Waals surface area contributed by atoms with Gasteiger partial charge in [-0.15, -0.1) is 11.3 Å². The Balaban J connectivity index is 1.58. The van der Waals surface area contributed by atoms with Gasteiger partial charge >= 0.3 is 6.18 Å². The predicted octanol–water partition coefficient (Wildman–Crippen LogP) is 5.32. The van der Waals surface area contributed by atoms with Crippen molar-refractivity contribution >= 4 is 39.1 Å². The molecule has 2 amide bonds. The first-order valence-corrected chi connectivity index (χ1v) is 11.4. The third kappa shape index (κ3) is 4.43. The van der Waals surface area contributed by atoms with Crippen LogP contribution in [0.15, 0.2) is 34.9 Å². The van der Waals surface area contributed by atoms with Crippen molar-refractivity contribution in [3.63, 3.8) is 0 Å². The summed E-state index contributed by atoms with van der Waals surface area (Å²) in [5.41, 5.74) is 4.05. The maximum absolute atomic E-state index is 13.5. The molecule has 0 spiro atoms. The second-order valence-electron chi connectivity index (χ2n) is 8.16. The fourth-order valence-corrected chi connectivity index (χ4v) is 4.88. The summed E-state index contributed by atoms with van der Waals surface area (Å²) in [5.74, 6) is -1.68. The van der Waals surface area contributed by atoms with Crippen LogP contribution in [0, 0.1) is 0 Å². The highest BCUT2D eigenvalue weighted by molar-refractivity contribution is 7.21. The van der Waals surface area contributed by atoms with E-state index in [1.807, 2.05) is 0 Å². The molecule has 188 valence electrons. The third-order valence-electron chi connectivity index (χ3n) is 5.57. The Labute approximate surface area is 202 Å². The third-order valence-corrected chi connectivity index (χ3v) is 6.67. The van der Waals surface area contributed by atoms with Crippen LogP contribution in [0.3, 0.4) is 0 Å². The van der Waals surface area contributed by atoms with Gasteiger partial charge in [0.15, 0.2) is 0 Å². The van der Waals surface area contributed by atoms with E-state index >= 15 is 0 Å². The number of carbonyl (C=O) groups is 2. The number of rotatable bonds is 7. The van der Waals surface area contributed by atoms with Crippen LogP contribution in [0.5, 0.6) is 0 Å². The smallest absolute Gasteiger partial charge is 0.433 e. The topological polar surface area (TPSA) is 116 Å². The zero-order valence-electron chi connectivity index (χ0n) is 18.1. The zero-order valence-corrected chi connectivity index (χ0v) is 18.9. The molecule has 0 bridgehead atoms. The molecule has 36 heavy (non-hydrogen) atoms. The van der Waals surface area contributed by atoms with Crippen LogP contribution in [-0.2, 0) is 17.5 Å². The van der Waals surface area contributed by atoms with Crippen LogP contribution >= 0.6 is 11.3 Å². The van der Waals surface area contributed by atoms with E-state index in [0.717, 1.165) is 18.9 Å². The molecule has 0 radical (unpaired) electrons. The van der Waals surface area contributed by atoms with Crippen LogP contribution in [0.2, 0.25) is 0 Å². The van der Waals surface area contributed by atoms with Crippen molar-refractivity contribution in [1.29, 1.82) is 0 Å². The second kappa shape index (κ2) is 8.69. The largest absolute Gasteiger partial charge is 0.464 e. The highest BCUT2D eigenvalue weighted by Gasteiger charge is 2.36. The highest BCUT2D eigenvalue weighted by Crippen LogP contribution is 2.44. The molecule has 3 N–H and O–H groups in total. The molecule has 8 nitrogen and oxygen atoms in total. The fraction of sp³-hybridized carbons (Fsp3) is 0.273. The van der Waals surface area contributed by atoms with Gasteiger partial charge in [0.2, 0.25) is 5.91 Å². The Bertz CT molecular complexity index is 1470. The van der Waals surface area contributed by atoms with Crippen molar-refractivity contribution in [3.05, 3.63) is 52.5 Å². The zero-order chi connectivity index (χ0) is 25.8. The molecule has 0 unspecified atom stereocenters.